The molecule has 0 radical (unpaired) electrons. The molecular weight excluding hydrogens is 136 g/mol. The van der Waals surface area contributed by atoms with Crippen LogP contribution >= 0.6 is 0 Å². The van der Waals surface area contributed by atoms with Gasteiger partial charge in [0.2, 0.25) is 0 Å². The quantitative estimate of drug-likeness (QED) is 0.607. The van der Waals surface area contributed by atoms with Crippen LogP contribution in [-0.4, -0.2) is 6.10 Å². The van der Waals surface area contributed by atoms with E-state index in [0.717, 1.165) is 5.92 Å². The van der Waals surface area contributed by atoms with E-state index in [9.17, 15) is 0 Å². The monoisotopic (exact) mass is 154 g/mol. The van der Waals surface area contributed by atoms with E-state index in [2.05, 4.69) is 19.9 Å². The minimum atomic E-state index is 0.502. The second kappa shape index (κ2) is 4.42. The molecule has 0 bridgehead atoms. The number of hydrogen-bond donors (Lipinski definition) is 0. The zero-order chi connectivity index (χ0) is 8.10. The van der Waals surface area contributed by atoms with Crippen molar-refractivity contribution in [3.63, 3.8) is 0 Å². The topological polar surface area (TPSA) is 9.23 Å². The van der Waals surface area contributed by atoms with E-state index < -0.39 is 0 Å². The molecule has 0 saturated heterocycles. The van der Waals surface area contributed by atoms with Crippen molar-refractivity contribution >= 4 is 0 Å². The summed E-state index contributed by atoms with van der Waals surface area (Å²) in [7, 11) is 0. The Balaban J connectivity index is 2.11. The fourth-order valence-electron chi connectivity index (χ4n) is 1.32. The molecule has 1 aliphatic heterocycles. The second-order valence-electron chi connectivity index (χ2n) is 3.68. The van der Waals surface area contributed by atoms with Crippen LogP contribution in [0.2, 0.25) is 0 Å². The third-order valence-electron chi connectivity index (χ3n) is 2.09. The summed E-state index contributed by atoms with van der Waals surface area (Å²) in [4.78, 5) is 0. The highest BCUT2D eigenvalue weighted by molar-refractivity contribution is 4.82. The van der Waals surface area contributed by atoms with E-state index in [0.29, 0.717) is 6.10 Å². The number of rotatable bonds is 3. The maximum Gasteiger partial charge on any atom is 0.0981 e. The van der Waals surface area contributed by atoms with E-state index >= 15 is 0 Å². The Morgan fingerprint density at radius 3 is 2.91 bits per heavy atom. The maximum atomic E-state index is 5.45. The van der Waals surface area contributed by atoms with Crippen molar-refractivity contribution in [3.05, 3.63) is 12.3 Å². The lowest BCUT2D eigenvalue weighted by atomic mass is 10.0. The Bertz CT molecular complexity index is 127. The highest BCUT2D eigenvalue weighted by Gasteiger charge is 2.10. The van der Waals surface area contributed by atoms with Gasteiger partial charge in [0.1, 0.15) is 0 Å². The average molecular weight is 154 g/mol. The molecule has 1 heterocycles. The van der Waals surface area contributed by atoms with Crippen molar-refractivity contribution in [1.82, 2.24) is 0 Å². The molecule has 1 atom stereocenters. The number of allylic oxidation sites excluding steroid dienone is 1. The SMILES string of the molecule is CC(C)CCC1CCC=CO1. The van der Waals surface area contributed by atoms with E-state index in [1.165, 1.54) is 25.7 Å². The van der Waals surface area contributed by atoms with E-state index in [1.807, 2.05) is 6.26 Å². The molecule has 0 aliphatic carbocycles. The largest absolute Gasteiger partial charge is 0.498 e. The van der Waals surface area contributed by atoms with Crippen molar-refractivity contribution in [2.24, 2.45) is 5.92 Å². The Hall–Kier alpha value is -0.460. The van der Waals surface area contributed by atoms with Crippen LogP contribution in [-0.2, 0) is 4.74 Å². The predicted octanol–water partition coefficient (Wildman–Crippen LogP) is 3.12. The molecule has 64 valence electrons. The first-order chi connectivity index (χ1) is 5.29. The summed E-state index contributed by atoms with van der Waals surface area (Å²) in [6, 6.07) is 0. The lowest BCUT2D eigenvalue weighted by Crippen LogP contribution is -2.13. The van der Waals surface area contributed by atoms with Crippen LogP contribution in [0, 0.1) is 5.92 Å². The molecule has 1 aliphatic rings. The summed E-state index contributed by atoms with van der Waals surface area (Å²) < 4.78 is 5.45. The smallest absolute Gasteiger partial charge is 0.0981 e. The van der Waals surface area contributed by atoms with Crippen LogP contribution in [0.3, 0.4) is 0 Å². The molecule has 1 rings (SSSR count). The first-order valence-electron chi connectivity index (χ1n) is 4.59. The molecule has 1 unspecified atom stereocenters. The molecule has 0 N–H and O–H groups in total. The van der Waals surface area contributed by atoms with E-state index in [4.69, 9.17) is 4.74 Å². The van der Waals surface area contributed by atoms with Gasteiger partial charge in [-0.05, 0) is 37.7 Å². The summed E-state index contributed by atoms with van der Waals surface area (Å²) in [6.07, 6.45) is 9.38. The Kier molecular flexibility index (Phi) is 3.47. The number of hydrogen-bond acceptors (Lipinski definition) is 1. The highest BCUT2D eigenvalue weighted by atomic mass is 16.5. The molecule has 1 heteroatoms. The van der Waals surface area contributed by atoms with E-state index in [1.54, 1.807) is 0 Å². The van der Waals surface area contributed by atoms with Gasteiger partial charge in [-0.15, -0.1) is 0 Å². The highest BCUT2D eigenvalue weighted by Crippen LogP contribution is 2.17. The molecule has 0 fully saturated rings. The lowest BCUT2D eigenvalue weighted by Gasteiger charge is -2.19. The average Bonchev–Trinajstić information content (AvgIpc) is 2.03. The number of ether oxygens (including phenoxy) is 1. The van der Waals surface area contributed by atoms with Gasteiger partial charge in [-0.1, -0.05) is 13.8 Å². The van der Waals surface area contributed by atoms with Gasteiger partial charge in [-0.25, -0.2) is 0 Å². The standard InChI is InChI=1S/C10H18O/c1-9(2)6-7-10-5-3-4-8-11-10/h4,8-10H,3,5-7H2,1-2H3. The summed E-state index contributed by atoms with van der Waals surface area (Å²) in [5, 5.41) is 0. The van der Waals surface area contributed by atoms with Crippen LogP contribution in [0.5, 0.6) is 0 Å². The van der Waals surface area contributed by atoms with Crippen molar-refractivity contribution < 1.29 is 4.74 Å². The van der Waals surface area contributed by atoms with Gasteiger partial charge in [-0.3, -0.25) is 0 Å². The van der Waals surface area contributed by atoms with Gasteiger partial charge in [0.05, 0.1) is 12.4 Å². The second-order valence-corrected chi connectivity index (χ2v) is 3.68. The fraction of sp³-hybridized carbons (Fsp3) is 0.800. The summed E-state index contributed by atoms with van der Waals surface area (Å²) >= 11 is 0. The fourth-order valence-corrected chi connectivity index (χ4v) is 1.32. The molecule has 11 heavy (non-hydrogen) atoms. The van der Waals surface area contributed by atoms with Gasteiger partial charge in [0, 0.05) is 0 Å². The summed E-state index contributed by atoms with van der Waals surface area (Å²) in [5.41, 5.74) is 0. The minimum absolute atomic E-state index is 0.502. The normalized spacial score (nSPS) is 23.7. The Morgan fingerprint density at radius 2 is 2.36 bits per heavy atom. The zero-order valence-electron chi connectivity index (χ0n) is 7.55. The van der Waals surface area contributed by atoms with Gasteiger partial charge in [-0.2, -0.15) is 0 Å². The first-order valence-corrected chi connectivity index (χ1v) is 4.59. The first kappa shape index (κ1) is 8.63. The van der Waals surface area contributed by atoms with Crippen molar-refractivity contribution in [3.8, 4) is 0 Å². The van der Waals surface area contributed by atoms with Crippen LogP contribution in [0.1, 0.15) is 39.5 Å². The van der Waals surface area contributed by atoms with Gasteiger partial charge < -0.3 is 4.74 Å². The third-order valence-corrected chi connectivity index (χ3v) is 2.09. The predicted molar refractivity (Wildman–Crippen MR) is 47.3 cm³/mol. The molecule has 1 nitrogen and oxygen atoms in total. The summed E-state index contributed by atoms with van der Waals surface area (Å²) in [5.74, 6) is 0.810. The molecule has 0 spiro atoms. The van der Waals surface area contributed by atoms with Crippen LogP contribution < -0.4 is 0 Å². The maximum absolute atomic E-state index is 5.45. The molecular formula is C10H18O. The van der Waals surface area contributed by atoms with Gasteiger partial charge >= 0.3 is 0 Å². The molecule has 0 saturated carbocycles. The van der Waals surface area contributed by atoms with E-state index in [-0.39, 0.29) is 0 Å². The minimum Gasteiger partial charge on any atom is -0.498 e. The zero-order valence-corrected chi connectivity index (χ0v) is 7.55. The van der Waals surface area contributed by atoms with Crippen LogP contribution in [0.25, 0.3) is 0 Å². The molecule has 0 amide bonds. The van der Waals surface area contributed by atoms with Crippen LogP contribution in [0.4, 0.5) is 0 Å². The Labute approximate surface area is 69.4 Å². The van der Waals surface area contributed by atoms with Gasteiger partial charge in [0.15, 0.2) is 0 Å². The summed E-state index contributed by atoms with van der Waals surface area (Å²) in [6.45, 7) is 4.53. The molecule has 0 aromatic heterocycles. The van der Waals surface area contributed by atoms with Crippen molar-refractivity contribution in [2.75, 3.05) is 0 Å². The molecule has 0 aromatic rings. The van der Waals surface area contributed by atoms with Crippen molar-refractivity contribution in [1.29, 1.82) is 0 Å². The van der Waals surface area contributed by atoms with Crippen molar-refractivity contribution in [2.45, 2.75) is 45.6 Å². The van der Waals surface area contributed by atoms with Gasteiger partial charge in [0.25, 0.3) is 0 Å². The molecule has 0 aromatic carbocycles. The van der Waals surface area contributed by atoms with Crippen LogP contribution in [0.15, 0.2) is 12.3 Å². The third kappa shape index (κ3) is 3.45. The lowest BCUT2D eigenvalue weighted by molar-refractivity contribution is 0.110. The Morgan fingerprint density at radius 1 is 1.55 bits per heavy atom.